The maximum atomic E-state index is 13.5. The highest BCUT2D eigenvalue weighted by Crippen LogP contribution is 2.36. The molecule has 0 atom stereocenters. The predicted octanol–water partition coefficient (Wildman–Crippen LogP) is 10.6. The number of carboxylic acid groups (broad SMARTS) is 1. The van der Waals surface area contributed by atoms with Crippen molar-refractivity contribution < 1.29 is 19.4 Å². The maximum Gasteiger partial charge on any atom is 0.335 e. The number of carbonyl (C=O) groups excluding carboxylic acids is 1. The van der Waals surface area contributed by atoms with Crippen LogP contribution in [0.4, 0.5) is 10.5 Å². The first-order valence-electron chi connectivity index (χ1n) is 17.2. The molecule has 4 aromatic rings. The number of hydrogen-bond donors (Lipinski definition) is 2. The van der Waals surface area contributed by atoms with E-state index in [2.05, 4.69) is 60.8 Å². The quantitative estimate of drug-likeness (QED) is 0.169. The van der Waals surface area contributed by atoms with E-state index in [1.807, 2.05) is 17.0 Å². The second-order valence-electron chi connectivity index (χ2n) is 13.5. The lowest BCUT2D eigenvalue weighted by Gasteiger charge is -2.29. The van der Waals surface area contributed by atoms with Gasteiger partial charge in [-0.15, -0.1) is 11.3 Å². The number of amides is 2. The summed E-state index contributed by atoms with van der Waals surface area (Å²) in [6.45, 7) is 4.15. The number of carboxylic acids is 1. The lowest BCUT2D eigenvalue weighted by molar-refractivity contribution is 0.0697. The molecule has 6 rings (SSSR count). The Morgan fingerprint density at radius 3 is 2.21 bits per heavy atom. The minimum Gasteiger partial charge on any atom is -0.489 e. The lowest BCUT2D eigenvalue weighted by atomic mass is 9.79. The van der Waals surface area contributed by atoms with Gasteiger partial charge in [0.2, 0.25) is 0 Å². The molecule has 1 heterocycles. The van der Waals surface area contributed by atoms with Crippen LogP contribution < -0.4 is 10.1 Å². The number of benzene rings is 3. The first-order valence-corrected chi connectivity index (χ1v) is 18.0. The first-order chi connectivity index (χ1) is 22.9. The van der Waals surface area contributed by atoms with E-state index in [-0.39, 0.29) is 11.6 Å². The van der Waals surface area contributed by atoms with E-state index in [1.54, 1.807) is 23.5 Å². The van der Waals surface area contributed by atoms with Gasteiger partial charge in [0.1, 0.15) is 12.4 Å². The van der Waals surface area contributed by atoms with Crippen molar-refractivity contribution in [3.63, 3.8) is 0 Å². The summed E-state index contributed by atoms with van der Waals surface area (Å²) in [6, 6.07) is 27.7. The summed E-state index contributed by atoms with van der Waals surface area (Å²) in [5, 5.41) is 12.2. The fraction of sp³-hybridized carbons (Fsp3) is 0.400. The molecule has 0 aliphatic heterocycles. The van der Waals surface area contributed by atoms with Gasteiger partial charge in [-0.05, 0) is 121 Å². The monoisotopic (exact) mass is 650 g/mol. The Bertz CT molecular complexity index is 1600. The van der Waals surface area contributed by atoms with Crippen molar-refractivity contribution in [2.45, 2.75) is 83.8 Å². The largest absolute Gasteiger partial charge is 0.489 e. The minimum absolute atomic E-state index is 0.159. The molecule has 1 aromatic heterocycles. The molecule has 2 aliphatic rings. The third-order valence-corrected chi connectivity index (χ3v) is 11.0. The molecule has 7 heteroatoms. The number of rotatable bonds is 11. The number of hydrogen-bond acceptors (Lipinski definition) is 4. The van der Waals surface area contributed by atoms with E-state index < -0.39 is 5.97 Å². The summed E-state index contributed by atoms with van der Waals surface area (Å²) >= 11 is 1.71. The second-order valence-corrected chi connectivity index (χ2v) is 14.6. The zero-order valence-electron chi connectivity index (χ0n) is 27.3. The van der Waals surface area contributed by atoms with Gasteiger partial charge in [-0.3, -0.25) is 0 Å². The number of thiophene rings is 1. The standard InChI is InChI=1S/C40H46N2O4S/c1-28-7-11-31(12-8-28)32-13-9-30(10-14-32)27-46-36-21-17-33(18-22-36)38-24-23-37(47-38)26-42(25-29-5-3-2-4-6-29)40(45)41-35-19-15-34(16-20-35)39(43)44/h9-10,13-24,28-29,31H,2-8,11-12,25-27H2,1H3,(H,41,45)(H,43,44)/t28-,31-. The molecule has 0 radical (unpaired) electrons. The van der Waals surface area contributed by atoms with Gasteiger partial charge in [-0.1, -0.05) is 63.3 Å². The fourth-order valence-corrected chi connectivity index (χ4v) is 8.00. The number of nitrogens with zero attached hydrogens (tertiary/aromatic N) is 1. The van der Waals surface area contributed by atoms with E-state index >= 15 is 0 Å². The van der Waals surface area contributed by atoms with Crippen LogP contribution in [0.3, 0.4) is 0 Å². The third kappa shape index (κ3) is 9.04. The average Bonchev–Trinajstić information content (AvgIpc) is 3.57. The Hall–Kier alpha value is -4.10. The highest BCUT2D eigenvalue weighted by Gasteiger charge is 2.23. The molecule has 2 amide bonds. The Morgan fingerprint density at radius 2 is 1.53 bits per heavy atom. The average molecular weight is 651 g/mol. The maximum absolute atomic E-state index is 13.5. The Labute approximate surface area is 282 Å². The molecule has 2 saturated carbocycles. The van der Waals surface area contributed by atoms with Crippen LogP contribution in [0.1, 0.15) is 97.0 Å². The first kappa shape index (κ1) is 32.8. The number of nitrogens with one attached hydrogen (secondary N) is 1. The molecular weight excluding hydrogens is 605 g/mol. The summed E-state index contributed by atoms with van der Waals surface area (Å²) in [4.78, 5) is 28.9. The summed E-state index contributed by atoms with van der Waals surface area (Å²) in [6.07, 6.45) is 11.3. The molecular formula is C40H46N2O4S. The van der Waals surface area contributed by atoms with Crippen LogP contribution in [-0.2, 0) is 13.2 Å². The smallest absolute Gasteiger partial charge is 0.335 e. The van der Waals surface area contributed by atoms with Crippen molar-refractivity contribution in [3.05, 3.63) is 106 Å². The summed E-state index contributed by atoms with van der Waals surface area (Å²) in [5.41, 5.74) is 4.56. The molecule has 6 nitrogen and oxygen atoms in total. The summed E-state index contributed by atoms with van der Waals surface area (Å²) < 4.78 is 6.13. The zero-order chi connectivity index (χ0) is 32.6. The van der Waals surface area contributed by atoms with Gasteiger partial charge < -0.3 is 20.1 Å². The second kappa shape index (κ2) is 15.7. The molecule has 2 N–H and O–H groups in total. The van der Waals surface area contributed by atoms with Gasteiger partial charge in [0, 0.05) is 22.0 Å². The molecule has 0 unspecified atom stereocenters. The number of carbonyl (C=O) groups is 2. The van der Waals surface area contributed by atoms with E-state index in [1.165, 1.54) is 68.2 Å². The number of aromatic carboxylic acids is 1. The molecule has 47 heavy (non-hydrogen) atoms. The van der Waals surface area contributed by atoms with E-state index in [9.17, 15) is 14.7 Å². The van der Waals surface area contributed by atoms with Crippen LogP contribution in [0, 0.1) is 11.8 Å². The van der Waals surface area contributed by atoms with Crippen molar-refractivity contribution >= 4 is 29.0 Å². The molecule has 2 fully saturated rings. The van der Waals surface area contributed by atoms with Crippen LogP contribution in [0.25, 0.3) is 10.4 Å². The van der Waals surface area contributed by atoms with Crippen LogP contribution in [0.5, 0.6) is 5.75 Å². The van der Waals surface area contributed by atoms with Crippen molar-refractivity contribution in [2.24, 2.45) is 11.8 Å². The number of ether oxygens (including phenoxy) is 1. The molecule has 2 aliphatic carbocycles. The highest BCUT2D eigenvalue weighted by atomic mass is 32.1. The normalized spacial score (nSPS) is 18.4. The van der Waals surface area contributed by atoms with Gasteiger partial charge in [-0.2, -0.15) is 0 Å². The Balaban J connectivity index is 1.05. The van der Waals surface area contributed by atoms with Gasteiger partial charge >= 0.3 is 12.0 Å². The predicted molar refractivity (Wildman–Crippen MR) is 190 cm³/mol. The summed E-state index contributed by atoms with van der Waals surface area (Å²) in [7, 11) is 0. The summed E-state index contributed by atoms with van der Waals surface area (Å²) in [5.74, 6) is 1.93. The van der Waals surface area contributed by atoms with Crippen LogP contribution in [-0.4, -0.2) is 28.6 Å². The molecule has 3 aromatic carbocycles. The van der Waals surface area contributed by atoms with E-state index in [0.29, 0.717) is 37.2 Å². The topological polar surface area (TPSA) is 78.9 Å². The van der Waals surface area contributed by atoms with Crippen molar-refractivity contribution in [1.82, 2.24) is 4.90 Å². The molecule has 0 spiro atoms. The third-order valence-electron chi connectivity index (χ3n) is 9.89. The van der Waals surface area contributed by atoms with Crippen LogP contribution in [0.2, 0.25) is 0 Å². The van der Waals surface area contributed by atoms with Crippen molar-refractivity contribution in [2.75, 3.05) is 11.9 Å². The van der Waals surface area contributed by atoms with E-state index in [0.717, 1.165) is 39.8 Å². The molecule has 0 saturated heterocycles. The Morgan fingerprint density at radius 1 is 0.830 bits per heavy atom. The van der Waals surface area contributed by atoms with Crippen LogP contribution >= 0.6 is 11.3 Å². The van der Waals surface area contributed by atoms with Gasteiger partial charge in [0.05, 0.1) is 12.1 Å². The minimum atomic E-state index is -0.984. The molecule has 0 bridgehead atoms. The van der Waals surface area contributed by atoms with Gasteiger partial charge in [0.25, 0.3) is 0 Å². The zero-order valence-corrected chi connectivity index (χ0v) is 28.1. The number of anilines is 1. The fourth-order valence-electron chi connectivity index (χ4n) is 6.97. The van der Waals surface area contributed by atoms with Crippen molar-refractivity contribution in [1.29, 1.82) is 0 Å². The Kier molecular flexibility index (Phi) is 10.9. The van der Waals surface area contributed by atoms with Gasteiger partial charge in [0.15, 0.2) is 0 Å². The van der Waals surface area contributed by atoms with Crippen LogP contribution in [0.15, 0.2) is 84.9 Å². The highest BCUT2D eigenvalue weighted by molar-refractivity contribution is 7.15. The lowest BCUT2D eigenvalue weighted by Crippen LogP contribution is -2.38. The van der Waals surface area contributed by atoms with E-state index in [4.69, 9.17) is 4.74 Å². The van der Waals surface area contributed by atoms with Gasteiger partial charge in [-0.25, -0.2) is 9.59 Å². The van der Waals surface area contributed by atoms with Crippen molar-refractivity contribution in [3.8, 4) is 16.2 Å². The SMILES string of the molecule is C[C@H]1CC[C@H](c2ccc(COc3ccc(-c4ccc(CN(CC5CCCCC5)C(=O)Nc5ccc(C(=O)O)cc5)s4)cc3)cc2)CC1. The molecule has 246 valence electrons. The number of urea groups is 1.